The molecule has 0 aromatic heterocycles. The molecule has 0 fully saturated rings. The molecular formula is C16H25. The van der Waals surface area contributed by atoms with Crippen molar-refractivity contribution in [3.8, 4) is 0 Å². The van der Waals surface area contributed by atoms with E-state index in [0.717, 1.165) is 0 Å². The molecule has 1 rings (SSSR count). The predicted octanol–water partition coefficient (Wildman–Crippen LogP) is 5.16. The van der Waals surface area contributed by atoms with E-state index in [2.05, 4.69) is 44.5 Å². The van der Waals surface area contributed by atoms with Crippen LogP contribution in [-0.4, -0.2) is 0 Å². The van der Waals surface area contributed by atoms with Crippen molar-refractivity contribution in [2.75, 3.05) is 0 Å². The van der Waals surface area contributed by atoms with E-state index in [-0.39, 0.29) is 0 Å². The number of hydrogen-bond acceptors (Lipinski definition) is 0. The Hall–Kier alpha value is -0.780. The fraction of sp³-hybridized carbons (Fsp3) is 0.562. The van der Waals surface area contributed by atoms with Crippen molar-refractivity contribution in [3.63, 3.8) is 0 Å². The van der Waals surface area contributed by atoms with Gasteiger partial charge >= 0.3 is 0 Å². The van der Waals surface area contributed by atoms with Crippen LogP contribution in [0.5, 0.6) is 0 Å². The van der Waals surface area contributed by atoms with Gasteiger partial charge in [-0.25, -0.2) is 0 Å². The fourth-order valence-electron chi connectivity index (χ4n) is 2.14. The van der Waals surface area contributed by atoms with Gasteiger partial charge in [0.25, 0.3) is 0 Å². The van der Waals surface area contributed by atoms with Crippen LogP contribution < -0.4 is 0 Å². The van der Waals surface area contributed by atoms with Crippen molar-refractivity contribution in [1.82, 2.24) is 0 Å². The molecule has 0 spiro atoms. The van der Waals surface area contributed by atoms with E-state index >= 15 is 0 Å². The smallest absolute Gasteiger partial charge is 0.0121 e. The molecule has 0 atom stereocenters. The first kappa shape index (κ1) is 13.3. The third-order valence-electron chi connectivity index (χ3n) is 3.17. The molecule has 0 nitrogen and oxygen atoms in total. The minimum atomic E-state index is 1.24. The van der Waals surface area contributed by atoms with Crippen LogP contribution in [0.1, 0.15) is 63.5 Å². The van der Waals surface area contributed by atoms with Gasteiger partial charge in [-0.05, 0) is 30.4 Å². The maximum atomic E-state index is 2.27. The monoisotopic (exact) mass is 217 g/mol. The van der Waals surface area contributed by atoms with Gasteiger partial charge < -0.3 is 0 Å². The molecule has 0 bridgehead atoms. The highest BCUT2D eigenvalue weighted by Crippen LogP contribution is 2.15. The van der Waals surface area contributed by atoms with Crippen LogP contribution in [0.15, 0.2) is 24.3 Å². The first-order chi connectivity index (χ1) is 7.88. The van der Waals surface area contributed by atoms with Gasteiger partial charge in [0.05, 0.1) is 0 Å². The Kier molecular flexibility index (Phi) is 6.96. The van der Waals surface area contributed by atoms with Gasteiger partial charge in [0.1, 0.15) is 0 Å². The topological polar surface area (TPSA) is 0 Å². The highest BCUT2D eigenvalue weighted by molar-refractivity contribution is 5.32. The van der Waals surface area contributed by atoms with Crippen molar-refractivity contribution in [1.29, 1.82) is 0 Å². The zero-order valence-corrected chi connectivity index (χ0v) is 10.8. The lowest BCUT2D eigenvalue weighted by Crippen LogP contribution is -1.91. The summed E-state index contributed by atoms with van der Waals surface area (Å²) in [5.41, 5.74) is 2.93. The van der Waals surface area contributed by atoms with E-state index < -0.39 is 0 Å². The van der Waals surface area contributed by atoms with Gasteiger partial charge in [0, 0.05) is 0 Å². The number of benzene rings is 1. The summed E-state index contributed by atoms with van der Waals surface area (Å²) in [6.45, 7) is 4.40. The third kappa shape index (κ3) is 4.83. The van der Waals surface area contributed by atoms with E-state index in [1.54, 1.807) is 0 Å². The lowest BCUT2D eigenvalue weighted by Gasteiger charge is -2.07. The predicted molar refractivity (Wildman–Crippen MR) is 72.6 cm³/mol. The van der Waals surface area contributed by atoms with E-state index in [1.807, 2.05) is 0 Å². The minimum Gasteiger partial charge on any atom is -0.0654 e. The Labute approximate surface area is 101 Å². The maximum absolute atomic E-state index is 2.27. The van der Waals surface area contributed by atoms with Gasteiger partial charge in [-0.2, -0.15) is 0 Å². The molecule has 0 heterocycles. The number of aryl methyl sites for hydroxylation is 1. The molecule has 0 aliphatic carbocycles. The summed E-state index contributed by atoms with van der Waals surface area (Å²) in [5, 5.41) is 0. The van der Waals surface area contributed by atoms with E-state index in [4.69, 9.17) is 0 Å². The quantitative estimate of drug-likeness (QED) is 0.527. The van der Waals surface area contributed by atoms with Gasteiger partial charge in [-0.15, -0.1) is 0 Å². The molecular weight excluding hydrogens is 192 g/mol. The second-order valence-electron chi connectivity index (χ2n) is 4.51. The summed E-state index contributed by atoms with van der Waals surface area (Å²) in [6, 6.07) is 8.76. The average Bonchev–Trinajstić information content (AvgIpc) is 2.34. The molecule has 0 saturated carbocycles. The van der Waals surface area contributed by atoms with Crippen LogP contribution in [0.4, 0.5) is 0 Å². The molecule has 16 heavy (non-hydrogen) atoms. The normalized spacial score (nSPS) is 10.6. The van der Waals surface area contributed by atoms with E-state index in [9.17, 15) is 0 Å². The van der Waals surface area contributed by atoms with Crippen LogP contribution in [0.2, 0.25) is 0 Å². The molecule has 1 radical (unpaired) electrons. The van der Waals surface area contributed by atoms with Gasteiger partial charge in [0.2, 0.25) is 0 Å². The molecule has 0 aliphatic heterocycles. The molecule has 89 valence electrons. The van der Waals surface area contributed by atoms with Crippen LogP contribution >= 0.6 is 0 Å². The zero-order valence-electron chi connectivity index (χ0n) is 10.8. The van der Waals surface area contributed by atoms with E-state index in [0.29, 0.717) is 0 Å². The van der Waals surface area contributed by atoms with Gasteiger partial charge in [0.15, 0.2) is 0 Å². The molecule has 0 amide bonds. The zero-order chi connectivity index (χ0) is 11.6. The van der Waals surface area contributed by atoms with E-state index in [1.165, 1.54) is 56.1 Å². The Bertz CT molecular complexity index is 275. The molecule has 0 N–H and O–H groups in total. The summed E-state index contributed by atoms with van der Waals surface area (Å²) in [4.78, 5) is 0. The third-order valence-corrected chi connectivity index (χ3v) is 3.17. The van der Waals surface area contributed by atoms with Gasteiger partial charge in [-0.3, -0.25) is 0 Å². The van der Waals surface area contributed by atoms with Crippen LogP contribution in [0, 0.1) is 6.42 Å². The van der Waals surface area contributed by atoms with Crippen LogP contribution in [0.25, 0.3) is 0 Å². The first-order valence-corrected chi connectivity index (χ1v) is 6.75. The largest absolute Gasteiger partial charge is 0.0654 e. The maximum Gasteiger partial charge on any atom is -0.0121 e. The SMILES string of the molecule is C[CH]c1ccccc1CCCCCCCC. The number of rotatable bonds is 8. The Morgan fingerprint density at radius 1 is 0.938 bits per heavy atom. The van der Waals surface area contributed by atoms with Crippen molar-refractivity contribution >= 4 is 0 Å². The molecule has 1 aromatic rings. The Balaban J connectivity index is 2.21. The number of unbranched alkanes of at least 4 members (excludes halogenated alkanes) is 5. The summed E-state index contributed by atoms with van der Waals surface area (Å²) >= 11 is 0. The molecule has 0 unspecified atom stereocenters. The molecule has 1 aromatic carbocycles. The Morgan fingerprint density at radius 2 is 1.62 bits per heavy atom. The minimum absolute atomic E-state index is 1.24. The lowest BCUT2D eigenvalue weighted by molar-refractivity contribution is 0.607. The number of hydrogen-bond donors (Lipinski definition) is 0. The lowest BCUT2D eigenvalue weighted by atomic mass is 9.99. The molecule has 0 saturated heterocycles. The summed E-state index contributed by atoms with van der Waals surface area (Å²) in [5.74, 6) is 0. The first-order valence-electron chi connectivity index (χ1n) is 6.75. The molecule has 0 aliphatic rings. The van der Waals surface area contributed by atoms with Crippen molar-refractivity contribution < 1.29 is 0 Å². The van der Waals surface area contributed by atoms with Crippen molar-refractivity contribution in [3.05, 3.63) is 41.8 Å². The Morgan fingerprint density at radius 3 is 2.38 bits per heavy atom. The standard InChI is InChI=1S/C16H25/c1-3-5-6-7-8-9-13-16-14-11-10-12-15(16)4-2/h4,10-12,14H,3,5-9,13H2,1-2H3. The fourth-order valence-corrected chi connectivity index (χ4v) is 2.14. The summed E-state index contributed by atoms with van der Waals surface area (Å²) < 4.78 is 0. The van der Waals surface area contributed by atoms with Crippen molar-refractivity contribution in [2.45, 2.75) is 58.8 Å². The molecule has 0 heteroatoms. The summed E-state index contributed by atoms with van der Waals surface area (Å²) in [6.07, 6.45) is 11.8. The second kappa shape index (κ2) is 8.38. The highest BCUT2D eigenvalue weighted by Gasteiger charge is 1.99. The van der Waals surface area contributed by atoms with Crippen LogP contribution in [0.3, 0.4) is 0 Å². The highest BCUT2D eigenvalue weighted by atomic mass is 14.0. The van der Waals surface area contributed by atoms with Crippen molar-refractivity contribution in [2.24, 2.45) is 0 Å². The average molecular weight is 217 g/mol. The second-order valence-corrected chi connectivity index (χ2v) is 4.51. The van der Waals surface area contributed by atoms with Gasteiger partial charge in [-0.1, -0.05) is 70.2 Å². The summed E-state index contributed by atoms with van der Waals surface area (Å²) in [7, 11) is 0. The van der Waals surface area contributed by atoms with Crippen LogP contribution in [-0.2, 0) is 6.42 Å².